The lowest BCUT2D eigenvalue weighted by Gasteiger charge is -2.34. The number of carbonyl (C=O) groups is 7. The van der Waals surface area contributed by atoms with E-state index in [9.17, 15) is 24.0 Å². The number of ether oxygens (including phenoxy) is 5. The van der Waals surface area contributed by atoms with Crippen molar-refractivity contribution in [2.24, 2.45) is 11.8 Å². The van der Waals surface area contributed by atoms with Crippen molar-refractivity contribution in [2.75, 3.05) is 41.4 Å². The lowest BCUT2D eigenvalue weighted by atomic mass is 9.89. The summed E-state index contributed by atoms with van der Waals surface area (Å²) in [5.74, 6) is -4.27. The molecule has 2 saturated heterocycles. The molecule has 0 saturated carbocycles. The van der Waals surface area contributed by atoms with Crippen LogP contribution in [0.15, 0.2) is 36.4 Å². The maximum Gasteiger partial charge on any atom is 0.410 e. The van der Waals surface area contributed by atoms with Crippen LogP contribution in [-0.2, 0) is 60.5 Å². The van der Waals surface area contributed by atoms with Crippen molar-refractivity contribution in [2.45, 2.75) is 181 Å². The fourth-order valence-electron chi connectivity index (χ4n) is 10.9. The van der Waals surface area contributed by atoms with Crippen LogP contribution in [0.25, 0.3) is 22.0 Å². The van der Waals surface area contributed by atoms with Gasteiger partial charge < -0.3 is 48.7 Å². The van der Waals surface area contributed by atoms with Gasteiger partial charge in [0, 0.05) is 90.2 Å². The van der Waals surface area contributed by atoms with Gasteiger partial charge in [0.25, 0.3) is 0 Å². The van der Waals surface area contributed by atoms with Crippen LogP contribution < -0.4 is 5.32 Å². The zero-order chi connectivity index (χ0) is 58.7. The number of carbonyl (C=O) groups excluding carboxylic acids is 7. The highest BCUT2D eigenvalue weighted by Crippen LogP contribution is 2.46. The third-order valence-electron chi connectivity index (χ3n) is 15.8. The Bertz CT molecular complexity index is 2820. The van der Waals surface area contributed by atoms with Crippen molar-refractivity contribution in [1.29, 1.82) is 0 Å². The number of methoxy groups -OCH3 is 2. The van der Waals surface area contributed by atoms with Crippen LogP contribution in [0.2, 0.25) is 0 Å². The number of aromatic amines is 1. The summed E-state index contributed by atoms with van der Waals surface area (Å²) in [6.07, 6.45) is -2.47. The third kappa shape index (κ3) is 14.3. The number of benzene rings is 2. The number of likely N-dealkylation sites (N-methyl/N-ethyl adjacent to an activating group) is 2. The maximum absolute atomic E-state index is 15.3. The molecule has 0 bridgehead atoms. The number of amides is 5. The Morgan fingerprint density at radius 3 is 1.92 bits per heavy atom. The van der Waals surface area contributed by atoms with Gasteiger partial charge in [-0.25, -0.2) is 18.4 Å². The Kier molecular flexibility index (Phi) is 19.5. The summed E-state index contributed by atoms with van der Waals surface area (Å²) in [6, 6.07) is 4.48. The average Bonchev–Trinajstić information content (AvgIpc) is 4.16. The molecule has 79 heavy (non-hydrogen) atoms. The Hall–Kier alpha value is -6.41. The van der Waals surface area contributed by atoms with Gasteiger partial charge in [-0.3, -0.25) is 28.9 Å². The molecule has 2 N–H and O–H groups in total. The number of likely N-dealkylation sites (tertiary alicyclic amines) is 2. The van der Waals surface area contributed by atoms with Crippen LogP contribution in [0.1, 0.15) is 131 Å². The van der Waals surface area contributed by atoms with E-state index < -0.39 is 107 Å². The lowest BCUT2D eigenvalue weighted by molar-refractivity contribution is -0.150. The van der Waals surface area contributed by atoms with Crippen LogP contribution in [0.5, 0.6) is 0 Å². The van der Waals surface area contributed by atoms with Crippen LogP contribution in [0, 0.1) is 23.5 Å². The second-order valence-electron chi connectivity index (χ2n) is 23.6. The first-order valence-electron chi connectivity index (χ1n) is 27.3. The van der Waals surface area contributed by atoms with Crippen molar-refractivity contribution in [3.63, 3.8) is 0 Å². The average molecular weight is 1110 g/mol. The summed E-state index contributed by atoms with van der Waals surface area (Å²) in [7, 11) is 5.79. The zero-order valence-electron chi connectivity index (χ0n) is 48.8. The molecule has 5 amide bonds. The number of Topliss-reactive ketones (excluding diaryl/α,β-unsaturated/α-hetero) is 1. The summed E-state index contributed by atoms with van der Waals surface area (Å²) in [6.45, 7) is 20.7. The first kappa shape index (κ1) is 61.8. The van der Waals surface area contributed by atoms with Gasteiger partial charge in [0.1, 0.15) is 41.0 Å². The first-order valence-corrected chi connectivity index (χ1v) is 27.3. The number of allylic oxidation sites excluding steroid dienone is 1. The van der Waals surface area contributed by atoms with E-state index in [4.69, 9.17) is 23.7 Å². The van der Waals surface area contributed by atoms with Gasteiger partial charge in [-0.1, -0.05) is 13.0 Å². The number of aromatic nitrogens is 1. The third-order valence-corrected chi connectivity index (χ3v) is 15.8. The fourth-order valence-corrected chi connectivity index (χ4v) is 10.9. The summed E-state index contributed by atoms with van der Waals surface area (Å²) in [5, 5.41) is 3.51. The number of H-pyrrole nitrogens is 1. The zero-order valence-corrected chi connectivity index (χ0v) is 48.8. The number of hydrogen-bond acceptors (Lipinski definition) is 12. The summed E-state index contributed by atoms with van der Waals surface area (Å²) in [4.78, 5) is 106. The summed E-state index contributed by atoms with van der Waals surface area (Å²) in [5.41, 5.74) is 3.04. The Morgan fingerprint density at radius 1 is 0.759 bits per heavy atom. The van der Waals surface area contributed by atoms with E-state index in [0.29, 0.717) is 46.3 Å². The van der Waals surface area contributed by atoms with Gasteiger partial charge >= 0.3 is 18.2 Å². The van der Waals surface area contributed by atoms with Gasteiger partial charge in [0.2, 0.25) is 17.7 Å². The van der Waals surface area contributed by atoms with Crippen LogP contribution in [0.4, 0.5) is 18.4 Å². The topological polar surface area (TPSA) is 206 Å². The molecule has 3 aliphatic rings. The fraction of sp³-hybridized carbons (Fsp3) is 0.610. The summed E-state index contributed by atoms with van der Waals surface area (Å²) >= 11 is 0. The lowest BCUT2D eigenvalue weighted by Crippen LogP contribution is -2.59. The molecule has 6 rings (SSSR count). The highest BCUT2D eigenvalue weighted by Gasteiger charge is 2.46. The number of nitrogens with zero attached hydrogens (tertiary/aromatic N) is 4. The number of ketones is 1. The van der Waals surface area contributed by atoms with Crippen molar-refractivity contribution in [1.82, 2.24) is 29.9 Å². The molecule has 1 aliphatic carbocycles. The molecular weight excluding hydrogens is 1020 g/mol. The van der Waals surface area contributed by atoms with E-state index >= 15 is 18.4 Å². The van der Waals surface area contributed by atoms with E-state index in [1.165, 1.54) is 71.3 Å². The van der Waals surface area contributed by atoms with Crippen LogP contribution in [-0.4, -0.2) is 167 Å². The molecular formula is C59H82F2N6O12. The van der Waals surface area contributed by atoms with Crippen LogP contribution in [0.3, 0.4) is 0 Å². The summed E-state index contributed by atoms with van der Waals surface area (Å²) < 4.78 is 58.9. The number of rotatable bonds is 19. The van der Waals surface area contributed by atoms with Gasteiger partial charge in [-0.15, -0.1) is 0 Å². The second-order valence-corrected chi connectivity index (χ2v) is 23.6. The molecule has 0 spiro atoms. The predicted octanol–water partition coefficient (Wildman–Crippen LogP) is 8.26. The highest BCUT2D eigenvalue weighted by atomic mass is 19.1. The van der Waals surface area contributed by atoms with Gasteiger partial charge in [-0.05, 0) is 153 Å². The quantitative estimate of drug-likeness (QED) is 0.0860. The Labute approximate surface area is 463 Å². The minimum Gasteiger partial charge on any atom is -0.460 e. The first-order chi connectivity index (χ1) is 36.9. The van der Waals surface area contributed by atoms with Crippen molar-refractivity contribution in [3.8, 4) is 0 Å². The highest BCUT2D eigenvalue weighted by molar-refractivity contribution is 6.01. The molecule has 0 radical (unpaired) electrons. The minimum absolute atomic E-state index is 0.0388. The maximum atomic E-state index is 15.3. The normalized spacial score (nSPS) is 20.7. The Morgan fingerprint density at radius 2 is 1.33 bits per heavy atom. The number of halogens is 2. The molecule has 434 valence electrons. The molecule has 2 aromatic carbocycles. The largest absolute Gasteiger partial charge is 0.460 e. The number of fused-ring (bicyclic) bond motifs is 2. The standard InChI is InChI=1S/C59H82F2N6O12/c1-31-21-23-66(54(71)42(34(4)75-15)30-49(69)32(2)64(13)56(73)78-58(7,8)9)47(31)29-45-41-20-18-39(61)27-46(41)62-52(45)44-26-37-25-38(60)17-19-40(37)43(44)28-48-50(77-36(6)68)22-24-67(48)55(72)51(35(5)76-16)63-53(70)33(3)65(14)57(74)79-59(10,11)12/h17-20,25,27,31-35,42,47-48,50-51,62H,21-24,26,28-30H2,1-16H3,(H,63,70)/t31-,32-,33-,34+,35+,42-,47+,48+,50-,51-/m0/s1. The SMILES string of the molecule is CO[C@H](C)[C@H](CC(=O)[C@H](C)N(C)C(=O)OC(C)(C)C)C(=O)N1CC[C@H](C)[C@H]1Cc1c(C2=C(C[C@@H]3[C@@H](OC(C)=O)CCN3C(=O)[C@@H](NC(=O)[C@H](C)N(C)C(=O)OC(C)(C)C)[C@@H](C)OC)c3ccc(F)cc3C2)[nH]c2cc(F)ccc12. The van der Waals surface area contributed by atoms with Crippen molar-refractivity contribution >= 4 is 63.7 Å². The van der Waals surface area contributed by atoms with E-state index in [0.717, 1.165) is 16.0 Å². The number of esters is 1. The molecule has 10 atom stereocenters. The monoisotopic (exact) mass is 1100 g/mol. The molecule has 18 nitrogen and oxygen atoms in total. The molecule has 2 aliphatic heterocycles. The van der Waals surface area contributed by atoms with E-state index in [1.54, 1.807) is 84.2 Å². The minimum atomic E-state index is -1.26. The van der Waals surface area contributed by atoms with E-state index in [-0.39, 0.29) is 56.3 Å². The molecule has 20 heteroatoms. The number of hydrogen-bond donors (Lipinski definition) is 2. The van der Waals surface area contributed by atoms with Crippen LogP contribution >= 0.6 is 0 Å². The van der Waals surface area contributed by atoms with Crippen molar-refractivity contribution in [3.05, 3.63) is 70.4 Å². The van der Waals surface area contributed by atoms with Gasteiger partial charge in [0.15, 0.2) is 5.78 Å². The molecule has 3 heterocycles. The molecule has 3 aromatic rings. The molecule has 1 aromatic heterocycles. The van der Waals surface area contributed by atoms with Gasteiger partial charge in [0.05, 0.1) is 30.2 Å². The number of nitrogens with one attached hydrogen (secondary N) is 2. The molecule has 0 unspecified atom stereocenters. The predicted molar refractivity (Wildman–Crippen MR) is 293 cm³/mol. The van der Waals surface area contributed by atoms with Crippen molar-refractivity contribution < 1.29 is 66.0 Å². The van der Waals surface area contributed by atoms with Gasteiger partial charge in [-0.2, -0.15) is 0 Å². The second kappa shape index (κ2) is 24.9. The Balaban J connectivity index is 1.40. The smallest absolute Gasteiger partial charge is 0.410 e. The van der Waals surface area contributed by atoms with E-state index in [1.807, 2.05) is 0 Å². The molecule has 2 fully saturated rings. The van der Waals surface area contributed by atoms with E-state index in [2.05, 4.69) is 17.2 Å².